The number of ether oxygens (including phenoxy) is 2. The van der Waals surface area contributed by atoms with Crippen molar-refractivity contribution in [3.05, 3.63) is 23.8 Å². The zero-order chi connectivity index (χ0) is 10.8. The molecule has 80 valence electrons. The maximum absolute atomic E-state index is 10.8. The number of carboxylic acids is 1. The van der Waals surface area contributed by atoms with Gasteiger partial charge in [-0.1, -0.05) is 6.07 Å². The summed E-state index contributed by atoms with van der Waals surface area (Å²) in [6, 6.07) is 5.47. The highest BCUT2D eigenvalue weighted by molar-refractivity contribution is 5.71. The molecule has 15 heavy (non-hydrogen) atoms. The Labute approximate surface area is 87.4 Å². The number of carbonyl (C=O) groups is 1. The molecule has 0 aromatic heterocycles. The van der Waals surface area contributed by atoms with Crippen molar-refractivity contribution in [2.24, 2.45) is 5.92 Å². The fourth-order valence-electron chi connectivity index (χ4n) is 1.73. The Morgan fingerprint density at radius 3 is 3.07 bits per heavy atom. The van der Waals surface area contributed by atoms with Gasteiger partial charge in [0.15, 0.2) is 0 Å². The van der Waals surface area contributed by atoms with Crippen LogP contribution in [0.4, 0.5) is 0 Å². The summed E-state index contributed by atoms with van der Waals surface area (Å²) in [4.78, 5) is 10.8. The number of aliphatic carboxylic acids is 1. The average Bonchev–Trinajstić information content (AvgIpc) is 2.27. The minimum absolute atomic E-state index is 0.232. The molecule has 0 bridgehead atoms. The molecule has 2 rings (SSSR count). The number of benzene rings is 1. The summed E-state index contributed by atoms with van der Waals surface area (Å²) < 4.78 is 10.5. The van der Waals surface area contributed by atoms with E-state index >= 15 is 0 Å². The largest absolute Gasteiger partial charge is 0.496 e. The van der Waals surface area contributed by atoms with Crippen molar-refractivity contribution in [1.82, 2.24) is 0 Å². The fraction of sp³-hybridized carbons (Fsp3) is 0.364. The zero-order valence-corrected chi connectivity index (χ0v) is 8.40. The van der Waals surface area contributed by atoms with Crippen LogP contribution in [0.15, 0.2) is 18.2 Å². The summed E-state index contributed by atoms with van der Waals surface area (Å²) in [5.41, 5.74) is 0.846. The highest BCUT2D eigenvalue weighted by Gasteiger charge is 2.27. The predicted octanol–water partition coefficient (Wildman–Crippen LogP) is 1.33. The van der Waals surface area contributed by atoms with Crippen molar-refractivity contribution in [2.45, 2.75) is 6.42 Å². The smallest absolute Gasteiger partial charge is 0.310 e. The Bertz CT molecular complexity index is 372. The highest BCUT2D eigenvalue weighted by atomic mass is 16.5. The molecule has 0 spiro atoms. The molecular weight excluding hydrogens is 196 g/mol. The molecule has 1 aliphatic rings. The van der Waals surface area contributed by atoms with E-state index in [4.69, 9.17) is 14.6 Å². The lowest BCUT2D eigenvalue weighted by Crippen LogP contribution is -2.28. The van der Waals surface area contributed by atoms with Crippen molar-refractivity contribution in [1.29, 1.82) is 0 Å². The molecule has 1 unspecified atom stereocenters. The molecule has 1 heterocycles. The summed E-state index contributed by atoms with van der Waals surface area (Å²) >= 11 is 0. The molecule has 0 aliphatic carbocycles. The van der Waals surface area contributed by atoms with Crippen LogP contribution in [-0.4, -0.2) is 24.8 Å². The highest BCUT2D eigenvalue weighted by Crippen LogP contribution is 2.34. The number of hydrogen-bond acceptors (Lipinski definition) is 3. The van der Waals surface area contributed by atoms with Crippen LogP contribution in [0.3, 0.4) is 0 Å². The van der Waals surface area contributed by atoms with Gasteiger partial charge in [-0.2, -0.15) is 0 Å². The van der Waals surface area contributed by atoms with E-state index in [-0.39, 0.29) is 6.61 Å². The molecule has 0 radical (unpaired) electrons. The first kappa shape index (κ1) is 9.83. The maximum atomic E-state index is 10.8. The molecule has 4 nitrogen and oxygen atoms in total. The van der Waals surface area contributed by atoms with E-state index in [2.05, 4.69) is 0 Å². The third-order valence-electron chi connectivity index (χ3n) is 2.55. The Hall–Kier alpha value is -1.71. The Kier molecular flexibility index (Phi) is 2.49. The van der Waals surface area contributed by atoms with Crippen LogP contribution in [0.2, 0.25) is 0 Å². The van der Waals surface area contributed by atoms with E-state index in [9.17, 15) is 4.79 Å². The number of fused-ring (bicyclic) bond motifs is 1. The van der Waals surface area contributed by atoms with Gasteiger partial charge >= 0.3 is 5.97 Å². The number of rotatable bonds is 2. The first-order chi connectivity index (χ1) is 7.22. The first-order valence-electron chi connectivity index (χ1n) is 4.74. The molecule has 4 heteroatoms. The lowest BCUT2D eigenvalue weighted by molar-refractivity contribution is -0.143. The fourth-order valence-corrected chi connectivity index (χ4v) is 1.73. The molecular formula is C11H12O4. The molecule has 0 amide bonds. The van der Waals surface area contributed by atoms with Gasteiger partial charge in [-0.05, 0) is 18.6 Å². The molecule has 0 fully saturated rings. The Morgan fingerprint density at radius 2 is 2.40 bits per heavy atom. The molecule has 0 saturated carbocycles. The number of carboxylic acid groups (broad SMARTS) is 1. The topological polar surface area (TPSA) is 55.8 Å². The van der Waals surface area contributed by atoms with Crippen molar-refractivity contribution >= 4 is 5.97 Å². The van der Waals surface area contributed by atoms with E-state index in [0.717, 1.165) is 11.3 Å². The Morgan fingerprint density at radius 1 is 1.60 bits per heavy atom. The second kappa shape index (κ2) is 3.81. The Balaban J connectivity index is 2.34. The SMILES string of the molecule is COc1cccc2c1CC(C(=O)O)CO2. The van der Waals surface area contributed by atoms with Crippen molar-refractivity contribution in [3.63, 3.8) is 0 Å². The summed E-state index contributed by atoms with van der Waals surface area (Å²) in [7, 11) is 1.57. The summed E-state index contributed by atoms with van der Waals surface area (Å²) in [6.07, 6.45) is 0.467. The van der Waals surface area contributed by atoms with Crippen LogP contribution in [0, 0.1) is 5.92 Å². The van der Waals surface area contributed by atoms with Gasteiger partial charge in [-0.15, -0.1) is 0 Å². The molecule has 1 aromatic carbocycles. The van der Waals surface area contributed by atoms with Crippen LogP contribution in [-0.2, 0) is 11.2 Å². The number of methoxy groups -OCH3 is 1. The van der Waals surface area contributed by atoms with Crippen molar-refractivity contribution in [2.75, 3.05) is 13.7 Å². The van der Waals surface area contributed by atoms with Crippen LogP contribution in [0.1, 0.15) is 5.56 Å². The zero-order valence-electron chi connectivity index (χ0n) is 8.40. The summed E-state index contributed by atoms with van der Waals surface area (Å²) in [6.45, 7) is 0.232. The maximum Gasteiger partial charge on any atom is 0.310 e. The molecule has 1 aromatic rings. The standard InChI is InChI=1S/C11H12O4/c1-14-9-3-2-4-10-8(9)5-7(6-15-10)11(12)13/h2-4,7H,5-6H2,1H3,(H,12,13). The third-order valence-corrected chi connectivity index (χ3v) is 2.55. The normalized spacial score (nSPS) is 18.9. The van der Waals surface area contributed by atoms with E-state index in [0.29, 0.717) is 12.2 Å². The molecule has 1 atom stereocenters. The van der Waals surface area contributed by atoms with Gasteiger partial charge in [-0.3, -0.25) is 4.79 Å². The summed E-state index contributed by atoms with van der Waals surface area (Å²) in [5, 5.41) is 8.91. The van der Waals surface area contributed by atoms with Gasteiger partial charge in [0.1, 0.15) is 18.1 Å². The van der Waals surface area contributed by atoms with Crippen LogP contribution >= 0.6 is 0 Å². The quantitative estimate of drug-likeness (QED) is 0.796. The van der Waals surface area contributed by atoms with Crippen molar-refractivity contribution in [3.8, 4) is 11.5 Å². The molecule has 1 aliphatic heterocycles. The van der Waals surface area contributed by atoms with Crippen LogP contribution in [0.25, 0.3) is 0 Å². The minimum Gasteiger partial charge on any atom is -0.496 e. The van der Waals surface area contributed by atoms with E-state index in [1.54, 1.807) is 7.11 Å². The second-order valence-corrected chi connectivity index (χ2v) is 3.49. The van der Waals surface area contributed by atoms with Crippen molar-refractivity contribution < 1.29 is 19.4 Å². The predicted molar refractivity (Wildman–Crippen MR) is 53.3 cm³/mol. The van der Waals surface area contributed by atoms with E-state index in [1.165, 1.54) is 0 Å². The third kappa shape index (κ3) is 1.75. The van der Waals surface area contributed by atoms with Gasteiger partial charge in [0, 0.05) is 5.56 Å². The molecule has 1 N–H and O–H groups in total. The minimum atomic E-state index is -0.827. The average molecular weight is 208 g/mol. The monoisotopic (exact) mass is 208 g/mol. The van der Waals surface area contributed by atoms with Crippen LogP contribution in [0.5, 0.6) is 11.5 Å². The van der Waals surface area contributed by atoms with Gasteiger partial charge in [-0.25, -0.2) is 0 Å². The first-order valence-corrected chi connectivity index (χ1v) is 4.74. The lowest BCUT2D eigenvalue weighted by Gasteiger charge is -2.23. The van der Waals surface area contributed by atoms with Crippen LogP contribution < -0.4 is 9.47 Å². The lowest BCUT2D eigenvalue weighted by atomic mass is 9.96. The second-order valence-electron chi connectivity index (χ2n) is 3.49. The van der Waals surface area contributed by atoms with Gasteiger partial charge in [0.25, 0.3) is 0 Å². The molecule has 0 saturated heterocycles. The number of hydrogen-bond donors (Lipinski definition) is 1. The van der Waals surface area contributed by atoms with Gasteiger partial charge in [0.2, 0.25) is 0 Å². The summed E-state index contributed by atoms with van der Waals surface area (Å²) in [5.74, 6) is 0.116. The van der Waals surface area contributed by atoms with Gasteiger partial charge < -0.3 is 14.6 Å². The van der Waals surface area contributed by atoms with E-state index in [1.807, 2.05) is 18.2 Å². The van der Waals surface area contributed by atoms with E-state index < -0.39 is 11.9 Å². The van der Waals surface area contributed by atoms with Gasteiger partial charge in [0.05, 0.1) is 13.0 Å².